The fraction of sp³-hybridized carbons (Fsp3) is 0.389. The molecule has 0 aliphatic rings. The van der Waals surface area contributed by atoms with Crippen LogP contribution in [0.3, 0.4) is 0 Å². The largest absolute Gasteiger partial charge is 0.352 e. The third-order valence-electron chi connectivity index (χ3n) is 4.01. The highest BCUT2D eigenvalue weighted by atomic mass is 32.2. The van der Waals surface area contributed by atoms with Gasteiger partial charge in [-0.25, -0.2) is 8.42 Å². The molecule has 2 aromatic rings. The highest BCUT2D eigenvalue weighted by Gasteiger charge is 2.24. The number of thiophene rings is 1. The standard InChI is InChI=1S/C18H24N2O3S2/c1-4-20(5-2)25(22,23)17-13-15(9-8-14(17)3)18(21)19-11-10-16-7-6-12-24-16/h6-9,12-13H,4-5,10-11H2,1-3H3,(H,19,21). The van der Waals surface area contributed by atoms with Gasteiger partial charge >= 0.3 is 0 Å². The Bertz CT molecular complexity index is 811. The fourth-order valence-electron chi connectivity index (χ4n) is 2.58. The third kappa shape index (κ3) is 4.68. The highest BCUT2D eigenvalue weighted by Crippen LogP contribution is 2.21. The monoisotopic (exact) mass is 380 g/mol. The minimum absolute atomic E-state index is 0.196. The van der Waals surface area contributed by atoms with Crippen LogP contribution >= 0.6 is 11.3 Å². The number of nitrogens with one attached hydrogen (secondary N) is 1. The van der Waals surface area contributed by atoms with E-state index in [1.54, 1.807) is 44.2 Å². The predicted molar refractivity (Wildman–Crippen MR) is 102 cm³/mol. The SMILES string of the molecule is CCN(CC)S(=O)(=O)c1cc(C(=O)NCCc2cccs2)ccc1C. The molecule has 2 rings (SSSR count). The molecule has 0 aliphatic heterocycles. The van der Waals surface area contributed by atoms with Crippen LogP contribution in [0.5, 0.6) is 0 Å². The average Bonchev–Trinajstić information content (AvgIpc) is 3.09. The Hall–Kier alpha value is -1.70. The number of nitrogens with zero attached hydrogens (tertiary/aromatic N) is 1. The van der Waals surface area contributed by atoms with Gasteiger partial charge in [-0.05, 0) is 42.5 Å². The van der Waals surface area contributed by atoms with Gasteiger partial charge in [-0.1, -0.05) is 26.0 Å². The van der Waals surface area contributed by atoms with E-state index in [2.05, 4.69) is 5.32 Å². The summed E-state index contributed by atoms with van der Waals surface area (Å²) < 4.78 is 26.9. The first-order chi connectivity index (χ1) is 11.9. The summed E-state index contributed by atoms with van der Waals surface area (Å²) in [5, 5.41) is 4.85. The van der Waals surface area contributed by atoms with Gasteiger partial charge in [-0.2, -0.15) is 4.31 Å². The topological polar surface area (TPSA) is 66.5 Å². The zero-order chi connectivity index (χ0) is 18.4. The van der Waals surface area contributed by atoms with Gasteiger partial charge in [-0.3, -0.25) is 4.79 Å². The number of aryl methyl sites for hydroxylation is 1. The summed E-state index contributed by atoms with van der Waals surface area (Å²) in [6.07, 6.45) is 0.764. The van der Waals surface area contributed by atoms with E-state index in [9.17, 15) is 13.2 Å². The Morgan fingerprint density at radius 3 is 2.52 bits per heavy atom. The van der Waals surface area contributed by atoms with E-state index in [1.807, 2.05) is 17.5 Å². The van der Waals surface area contributed by atoms with Crippen molar-refractivity contribution in [3.63, 3.8) is 0 Å². The van der Waals surface area contributed by atoms with Gasteiger partial charge in [0.25, 0.3) is 5.91 Å². The molecule has 1 N–H and O–H groups in total. The van der Waals surface area contributed by atoms with Crippen LogP contribution in [0.25, 0.3) is 0 Å². The van der Waals surface area contributed by atoms with Crippen molar-refractivity contribution in [3.05, 3.63) is 51.7 Å². The van der Waals surface area contributed by atoms with Crippen molar-refractivity contribution in [3.8, 4) is 0 Å². The minimum atomic E-state index is -3.59. The van der Waals surface area contributed by atoms with Crippen LogP contribution in [0.4, 0.5) is 0 Å². The summed E-state index contributed by atoms with van der Waals surface area (Å²) in [6, 6.07) is 8.83. The molecule has 25 heavy (non-hydrogen) atoms. The maximum Gasteiger partial charge on any atom is 0.251 e. The van der Waals surface area contributed by atoms with Crippen LogP contribution in [0.1, 0.15) is 34.6 Å². The number of carbonyl (C=O) groups excluding carboxylic acids is 1. The van der Waals surface area contributed by atoms with E-state index >= 15 is 0 Å². The molecule has 0 saturated heterocycles. The number of hydrogen-bond donors (Lipinski definition) is 1. The maximum absolute atomic E-state index is 12.8. The summed E-state index contributed by atoms with van der Waals surface area (Å²) in [4.78, 5) is 13.8. The van der Waals surface area contributed by atoms with Crippen LogP contribution in [0, 0.1) is 6.92 Å². The Balaban J connectivity index is 2.16. The van der Waals surface area contributed by atoms with Crippen molar-refractivity contribution in [1.82, 2.24) is 9.62 Å². The van der Waals surface area contributed by atoms with Crippen LogP contribution in [0.15, 0.2) is 40.6 Å². The second-order valence-corrected chi connectivity index (χ2v) is 8.59. The zero-order valence-electron chi connectivity index (χ0n) is 14.8. The molecule has 0 spiro atoms. The van der Waals surface area contributed by atoms with Crippen molar-refractivity contribution < 1.29 is 13.2 Å². The quantitative estimate of drug-likeness (QED) is 0.765. The summed E-state index contributed by atoms with van der Waals surface area (Å²) in [6.45, 7) is 6.67. The third-order valence-corrected chi connectivity index (χ3v) is 7.14. The molecule has 1 aromatic heterocycles. The minimum Gasteiger partial charge on any atom is -0.352 e. The molecule has 0 radical (unpaired) electrons. The van der Waals surface area contributed by atoms with Crippen LogP contribution in [-0.4, -0.2) is 38.3 Å². The number of hydrogen-bond acceptors (Lipinski definition) is 4. The Morgan fingerprint density at radius 1 is 1.20 bits per heavy atom. The van der Waals surface area contributed by atoms with Crippen LogP contribution < -0.4 is 5.32 Å². The smallest absolute Gasteiger partial charge is 0.251 e. The summed E-state index contributed by atoms with van der Waals surface area (Å²) in [5.74, 6) is -0.257. The molecule has 7 heteroatoms. The van der Waals surface area contributed by atoms with E-state index in [-0.39, 0.29) is 10.8 Å². The van der Waals surface area contributed by atoms with E-state index in [0.717, 1.165) is 6.42 Å². The van der Waals surface area contributed by atoms with Gasteiger partial charge in [0.1, 0.15) is 0 Å². The summed E-state index contributed by atoms with van der Waals surface area (Å²) in [7, 11) is -3.59. The molecular formula is C18H24N2O3S2. The Kier molecular flexibility index (Phi) is 6.75. The molecule has 1 heterocycles. The number of rotatable bonds is 8. The number of benzene rings is 1. The second-order valence-electron chi connectivity index (χ2n) is 5.65. The van der Waals surface area contributed by atoms with Gasteiger partial charge in [0, 0.05) is 30.1 Å². The molecule has 1 aromatic carbocycles. The van der Waals surface area contributed by atoms with E-state index in [4.69, 9.17) is 0 Å². The predicted octanol–water partition coefficient (Wildman–Crippen LogP) is 3.06. The molecule has 0 unspecified atom stereocenters. The molecule has 5 nitrogen and oxygen atoms in total. The van der Waals surface area contributed by atoms with E-state index < -0.39 is 10.0 Å². The first-order valence-electron chi connectivity index (χ1n) is 8.31. The second kappa shape index (κ2) is 8.60. The number of amides is 1. The van der Waals surface area contributed by atoms with Gasteiger partial charge in [0.2, 0.25) is 10.0 Å². The van der Waals surface area contributed by atoms with Crippen LogP contribution in [-0.2, 0) is 16.4 Å². The van der Waals surface area contributed by atoms with Crippen molar-refractivity contribution in [2.24, 2.45) is 0 Å². The summed E-state index contributed by atoms with van der Waals surface area (Å²) in [5.41, 5.74) is 1.00. The molecule has 0 atom stereocenters. The summed E-state index contributed by atoms with van der Waals surface area (Å²) >= 11 is 1.65. The van der Waals surface area contributed by atoms with E-state index in [1.165, 1.54) is 15.2 Å². The average molecular weight is 381 g/mol. The molecule has 0 aliphatic carbocycles. The van der Waals surface area contributed by atoms with Gasteiger partial charge < -0.3 is 5.32 Å². The highest BCUT2D eigenvalue weighted by molar-refractivity contribution is 7.89. The molecule has 136 valence electrons. The lowest BCUT2D eigenvalue weighted by Crippen LogP contribution is -2.31. The molecule has 1 amide bonds. The van der Waals surface area contributed by atoms with Gasteiger partial charge in [0.05, 0.1) is 4.90 Å². The lowest BCUT2D eigenvalue weighted by Gasteiger charge is -2.20. The first-order valence-corrected chi connectivity index (χ1v) is 10.6. The van der Waals surface area contributed by atoms with Crippen LogP contribution in [0.2, 0.25) is 0 Å². The molecule has 0 bridgehead atoms. The van der Waals surface area contributed by atoms with E-state index in [0.29, 0.717) is 30.8 Å². The van der Waals surface area contributed by atoms with Crippen molar-refractivity contribution in [2.75, 3.05) is 19.6 Å². The van der Waals surface area contributed by atoms with Gasteiger partial charge in [-0.15, -0.1) is 11.3 Å². The maximum atomic E-state index is 12.8. The van der Waals surface area contributed by atoms with Crippen molar-refractivity contribution in [2.45, 2.75) is 32.1 Å². The molecule has 0 saturated carbocycles. The fourth-order valence-corrected chi connectivity index (χ4v) is 5.00. The molecular weight excluding hydrogens is 356 g/mol. The van der Waals surface area contributed by atoms with Crippen molar-refractivity contribution >= 4 is 27.3 Å². The van der Waals surface area contributed by atoms with Crippen molar-refractivity contribution in [1.29, 1.82) is 0 Å². The number of carbonyl (C=O) groups is 1. The Morgan fingerprint density at radius 2 is 1.92 bits per heavy atom. The lowest BCUT2D eigenvalue weighted by atomic mass is 10.1. The number of sulfonamides is 1. The van der Waals surface area contributed by atoms with Gasteiger partial charge in [0.15, 0.2) is 0 Å². The lowest BCUT2D eigenvalue weighted by molar-refractivity contribution is 0.0954. The zero-order valence-corrected chi connectivity index (χ0v) is 16.4. The normalized spacial score (nSPS) is 11.7. The first kappa shape index (κ1) is 19.6. The Labute approximate surface area is 153 Å². The molecule has 0 fully saturated rings.